The van der Waals surface area contributed by atoms with Gasteiger partial charge < -0.3 is 4.74 Å². The van der Waals surface area contributed by atoms with Crippen molar-refractivity contribution in [2.24, 2.45) is 5.92 Å². The Morgan fingerprint density at radius 1 is 1.64 bits per heavy atom. The van der Waals surface area contributed by atoms with Crippen LogP contribution in [0, 0.1) is 5.92 Å². The van der Waals surface area contributed by atoms with Gasteiger partial charge in [-0.1, -0.05) is 15.9 Å². The number of carbonyl (C=O) groups is 3. The van der Waals surface area contributed by atoms with Gasteiger partial charge in [0.1, 0.15) is 12.5 Å². The fourth-order valence-electron chi connectivity index (χ4n) is 0.780. The van der Waals surface area contributed by atoms with Gasteiger partial charge in [0, 0.05) is 0 Å². The molecule has 5 heteroatoms. The molecular weight excluding hydrogens is 216 g/mol. The van der Waals surface area contributed by atoms with Crippen molar-refractivity contribution >= 4 is 33.5 Å². The average Bonchev–Trinajstić information content (AvgIpc) is 2.32. The highest BCUT2D eigenvalue weighted by molar-refractivity contribution is 9.09. The summed E-state index contributed by atoms with van der Waals surface area (Å²) in [5.74, 6) is -2.80. The number of alkyl halides is 1. The van der Waals surface area contributed by atoms with E-state index in [4.69, 9.17) is 0 Å². The van der Waals surface area contributed by atoms with Crippen LogP contribution < -0.4 is 0 Å². The van der Waals surface area contributed by atoms with E-state index in [9.17, 15) is 14.4 Å². The third-order valence-corrected chi connectivity index (χ3v) is 1.97. The van der Waals surface area contributed by atoms with Crippen molar-refractivity contribution in [2.75, 3.05) is 11.9 Å². The van der Waals surface area contributed by atoms with Gasteiger partial charge in [-0.05, 0) is 0 Å². The van der Waals surface area contributed by atoms with Crippen molar-refractivity contribution in [3.8, 4) is 0 Å². The molecule has 0 aromatic rings. The maximum atomic E-state index is 10.9. The van der Waals surface area contributed by atoms with E-state index in [-0.39, 0.29) is 17.7 Å². The highest BCUT2D eigenvalue weighted by Crippen LogP contribution is 2.11. The second-order valence-corrected chi connectivity index (χ2v) is 2.68. The lowest BCUT2D eigenvalue weighted by molar-refractivity contribution is -0.147. The molecule has 0 aromatic heterocycles. The summed E-state index contributed by atoms with van der Waals surface area (Å²) in [4.78, 5) is 32.1. The molecule has 1 rings (SSSR count). The smallest absolute Gasteiger partial charge is 0.375 e. The summed E-state index contributed by atoms with van der Waals surface area (Å²) in [6.07, 6.45) is 0. The third kappa shape index (κ3) is 1.48. The molecule has 1 saturated heterocycles. The Bertz CT molecular complexity index is 223. The number of halogens is 1. The van der Waals surface area contributed by atoms with Crippen molar-refractivity contribution < 1.29 is 19.1 Å². The molecule has 1 aliphatic rings. The molecule has 0 saturated carbocycles. The van der Waals surface area contributed by atoms with E-state index < -0.39 is 17.7 Å². The molecule has 1 atom stereocenters. The summed E-state index contributed by atoms with van der Waals surface area (Å²) in [5, 5.41) is 0.0834. The van der Waals surface area contributed by atoms with Gasteiger partial charge in [0.25, 0.3) is 5.78 Å². The Hall–Kier alpha value is -0.710. The van der Waals surface area contributed by atoms with Crippen molar-refractivity contribution in [1.29, 1.82) is 0 Å². The number of rotatable bonds is 2. The van der Waals surface area contributed by atoms with Crippen LogP contribution in [-0.2, 0) is 19.1 Å². The molecule has 60 valence electrons. The number of esters is 1. The lowest BCUT2D eigenvalue weighted by Crippen LogP contribution is -2.24. The Labute approximate surface area is 71.0 Å². The second-order valence-electron chi connectivity index (χ2n) is 2.12. The molecule has 1 fully saturated rings. The van der Waals surface area contributed by atoms with Crippen molar-refractivity contribution in [3.63, 3.8) is 0 Å². The average molecular weight is 221 g/mol. The van der Waals surface area contributed by atoms with Gasteiger partial charge in [-0.25, -0.2) is 4.79 Å². The van der Waals surface area contributed by atoms with Crippen molar-refractivity contribution in [1.82, 2.24) is 0 Å². The first-order valence-corrected chi connectivity index (χ1v) is 4.08. The van der Waals surface area contributed by atoms with E-state index in [1.54, 1.807) is 0 Å². The standard InChI is InChI=1S/C6H5BrO4/c7-1-4(8)3-2-11-6(10)5(3)9/h3H,1-2H2. The number of ketones is 2. The number of hydrogen-bond donors (Lipinski definition) is 0. The fourth-order valence-corrected chi connectivity index (χ4v) is 1.17. The fraction of sp³-hybridized carbons (Fsp3) is 0.500. The van der Waals surface area contributed by atoms with Crippen LogP contribution in [0.4, 0.5) is 0 Å². The van der Waals surface area contributed by atoms with Crippen LogP contribution in [0.2, 0.25) is 0 Å². The molecule has 0 aliphatic carbocycles. The first-order chi connectivity index (χ1) is 5.16. The Kier molecular flexibility index (Phi) is 2.38. The quantitative estimate of drug-likeness (QED) is 0.278. The number of Topliss-reactive ketones (excluding diaryl/α,β-unsaturated/α-hetero) is 2. The molecule has 0 amide bonds. The van der Waals surface area contributed by atoms with Crippen LogP contribution in [0.25, 0.3) is 0 Å². The summed E-state index contributed by atoms with van der Waals surface area (Å²) in [7, 11) is 0. The minimum atomic E-state index is -0.899. The first kappa shape index (κ1) is 8.39. The van der Waals surface area contributed by atoms with Crippen LogP contribution >= 0.6 is 15.9 Å². The van der Waals surface area contributed by atoms with Gasteiger partial charge >= 0.3 is 5.97 Å². The van der Waals surface area contributed by atoms with E-state index in [2.05, 4.69) is 20.7 Å². The van der Waals surface area contributed by atoms with Gasteiger partial charge in [-0.2, -0.15) is 0 Å². The maximum Gasteiger partial charge on any atom is 0.375 e. The number of carbonyl (C=O) groups excluding carboxylic acids is 3. The number of ether oxygens (including phenoxy) is 1. The topological polar surface area (TPSA) is 60.4 Å². The van der Waals surface area contributed by atoms with Gasteiger partial charge in [0.2, 0.25) is 0 Å². The minimum Gasteiger partial charge on any atom is -0.459 e. The molecule has 1 heterocycles. The third-order valence-electron chi connectivity index (χ3n) is 1.42. The molecule has 0 bridgehead atoms. The Morgan fingerprint density at radius 3 is 2.64 bits per heavy atom. The first-order valence-electron chi connectivity index (χ1n) is 2.96. The molecule has 0 spiro atoms. The summed E-state index contributed by atoms with van der Waals surface area (Å²) < 4.78 is 4.37. The van der Waals surface area contributed by atoms with Crippen LogP contribution in [0.15, 0.2) is 0 Å². The van der Waals surface area contributed by atoms with Gasteiger partial charge in [-0.15, -0.1) is 0 Å². The molecular formula is C6H5BrO4. The minimum absolute atomic E-state index is 0.0834. The summed E-state index contributed by atoms with van der Waals surface area (Å²) in [6, 6.07) is 0. The molecule has 4 nitrogen and oxygen atoms in total. The largest absolute Gasteiger partial charge is 0.459 e. The summed E-state index contributed by atoms with van der Waals surface area (Å²) in [5.41, 5.74) is 0. The van der Waals surface area contributed by atoms with Crippen LogP contribution in [0.1, 0.15) is 0 Å². The van der Waals surface area contributed by atoms with Gasteiger partial charge in [-0.3, -0.25) is 9.59 Å². The Morgan fingerprint density at radius 2 is 2.27 bits per heavy atom. The molecule has 1 unspecified atom stereocenters. The van der Waals surface area contributed by atoms with E-state index in [1.807, 2.05) is 0 Å². The zero-order valence-corrected chi connectivity index (χ0v) is 7.09. The zero-order valence-electron chi connectivity index (χ0n) is 5.50. The van der Waals surface area contributed by atoms with E-state index in [0.717, 1.165) is 0 Å². The highest BCUT2D eigenvalue weighted by Gasteiger charge is 2.38. The zero-order chi connectivity index (χ0) is 8.43. The Balaban J connectivity index is 2.69. The molecule has 11 heavy (non-hydrogen) atoms. The van der Waals surface area contributed by atoms with E-state index >= 15 is 0 Å². The lowest BCUT2D eigenvalue weighted by Gasteiger charge is -1.97. The van der Waals surface area contributed by atoms with E-state index in [0.29, 0.717) is 0 Å². The number of cyclic esters (lactones) is 1. The van der Waals surface area contributed by atoms with Gasteiger partial charge in [0.05, 0.1) is 5.33 Å². The van der Waals surface area contributed by atoms with Crippen molar-refractivity contribution in [2.45, 2.75) is 0 Å². The maximum absolute atomic E-state index is 10.9. The van der Waals surface area contributed by atoms with Gasteiger partial charge in [0.15, 0.2) is 5.78 Å². The predicted molar refractivity (Wildman–Crippen MR) is 38.3 cm³/mol. The second kappa shape index (κ2) is 3.13. The predicted octanol–water partition coefficient (Wildman–Crippen LogP) is -0.307. The molecule has 0 radical (unpaired) electrons. The lowest BCUT2D eigenvalue weighted by atomic mass is 10.0. The molecule has 0 N–H and O–H groups in total. The van der Waals surface area contributed by atoms with Crippen LogP contribution in [-0.4, -0.2) is 29.5 Å². The highest BCUT2D eigenvalue weighted by atomic mass is 79.9. The summed E-state index contributed by atoms with van der Waals surface area (Å²) in [6.45, 7) is -0.0951. The number of hydrogen-bond acceptors (Lipinski definition) is 4. The monoisotopic (exact) mass is 220 g/mol. The van der Waals surface area contributed by atoms with Crippen molar-refractivity contribution in [3.05, 3.63) is 0 Å². The summed E-state index contributed by atoms with van der Waals surface area (Å²) >= 11 is 2.90. The van der Waals surface area contributed by atoms with Crippen LogP contribution in [0.5, 0.6) is 0 Å². The van der Waals surface area contributed by atoms with E-state index in [1.165, 1.54) is 0 Å². The molecule has 1 aliphatic heterocycles. The molecule has 0 aromatic carbocycles. The van der Waals surface area contributed by atoms with Crippen LogP contribution in [0.3, 0.4) is 0 Å². The SMILES string of the molecule is O=C1OCC(C(=O)CBr)C1=O. The normalized spacial score (nSPS) is 23.5.